The second kappa shape index (κ2) is 6.41. The molecule has 5 heteroatoms. The second-order valence-electron chi connectivity index (χ2n) is 6.16. The molecule has 1 aliphatic rings. The van der Waals surface area contributed by atoms with E-state index in [1.807, 2.05) is 6.07 Å². The highest BCUT2D eigenvalue weighted by Crippen LogP contribution is 2.16. The van der Waals surface area contributed by atoms with E-state index in [1.54, 1.807) is 6.07 Å². The predicted molar refractivity (Wildman–Crippen MR) is 80.3 cm³/mol. The highest BCUT2D eigenvalue weighted by molar-refractivity contribution is 5.40. The second-order valence-corrected chi connectivity index (χ2v) is 6.16. The van der Waals surface area contributed by atoms with Gasteiger partial charge < -0.3 is 14.7 Å². The Labute approximate surface area is 121 Å². The van der Waals surface area contributed by atoms with Crippen LogP contribution in [0.15, 0.2) is 18.3 Å². The smallest absolute Gasteiger partial charge is 0.134 e. The van der Waals surface area contributed by atoms with E-state index in [2.05, 4.69) is 35.6 Å². The Morgan fingerprint density at radius 2 is 1.90 bits per heavy atom. The van der Waals surface area contributed by atoms with E-state index in [-0.39, 0.29) is 11.4 Å². The van der Waals surface area contributed by atoms with E-state index >= 15 is 0 Å². The van der Waals surface area contributed by atoms with Crippen LogP contribution in [0.25, 0.3) is 0 Å². The Kier molecular flexibility index (Phi) is 4.83. The number of hydrogen-bond donors (Lipinski definition) is 1. The lowest BCUT2D eigenvalue weighted by Crippen LogP contribution is -2.47. The molecule has 5 nitrogen and oxygen atoms in total. The first kappa shape index (κ1) is 15.1. The molecule has 1 N–H and O–H groups in total. The molecule has 1 aliphatic heterocycles. The molecule has 0 spiro atoms. The quantitative estimate of drug-likeness (QED) is 0.909. The molecule has 0 amide bonds. The molecule has 1 fully saturated rings. The first-order valence-corrected chi connectivity index (χ1v) is 7.20. The largest absolute Gasteiger partial charge is 0.506 e. The van der Waals surface area contributed by atoms with Gasteiger partial charge in [-0.25, -0.2) is 4.98 Å². The average molecular weight is 279 g/mol. The number of anilines is 1. The van der Waals surface area contributed by atoms with Crippen LogP contribution in [0.5, 0.6) is 5.75 Å². The summed E-state index contributed by atoms with van der Waals surface area (Å²) in [5.41, 5.74) is -0.0578. The molecule has 112 valence electrons. The van der Waals surface area contributed by atoms with Crippen molar-refractivity contribution in [1.29, 1.82) is 0 Å². The van der Waals surface area contributed by atoms with Gasteiger partial charge in [0.2, 0.25) is 0 Å². The van der Waals surface area contributed by atoms with Crippen molar-refractivity contribution in [1.82, 2.24) is 9.88 Å². The summed E-state index contributed by atoms with van der Waals surface area (Å²) in [5, 5.41) is 9.26. The van der Waals surface area contributed by atoms with Gasteiger partial charge in [0, 0.05) is 32.7 Å². The van der Waals surface area contributed by atoms with Gasteiger partial charge in [-0.1, -0.05) is 0 Å². The fraction of sp³-hybridized carbons (Fsp3) is 0.667. The molecule has 0 aromatic carbocycles. The topological polar surface area (TPSA) is 48.8 Å². The highest BCUT2D eigenvalue weighted by Gasteiger charge is 2.18. The van der Waals surface area contributed by atoms with Crippen LogP contribution in [0, 0.1) is 0 Å². The van der Waals surface area contributed by atoms with E-state index in [9.17, 15) is 5.11 Å². The minimum absolute atomic E-state index is 0.0578. The number of ether oxygens (including phenoxy) is 1. The molecule has 0 saturated carbocycles. The summed E-state index contributed by atoms with van der Waals surface area (Å²) in [7, 11) is 0. The Morgan fingerprint density at radius 1 is 1.20 bits per heavy atom. The lowest BCUT2D eigenvalue weighted by atomic mass is 10.2. The number of rotatable bonds is 4. The Bertz CT molecular complexity index is 406. The van der Waals surface area contributed by atoms with Crippen LogP contribution in [0.2, 0.25) is 0 Å². The molecule has 0 radical (unpaired) electrons. The molecule has 1 aromatic heterocycles. The van der Waals surface area contributed by atoms with Gasteiger partial charge in [-0.15, -0.1) is 0 Å². The van der Waals surface area contributed by atoms with E-state index in [4.69, 9.17) is 4.74 Å². The average Bonchev–Trinajstić information content (AvgIpc) is 2.39. The zero-order valence-corrected chi connectivity index (χ0v) is 12.7. The standard InChI is InChI=1S/C15H25N3O2/c1-15(2,3)20-11-10-17-6-8-18(9-7-17)14-5-4-13(19)12-16-14/h4-5,12,19H,6-11H2,1-3H3. The fourth-order valence-electron chi connectivity index (χ4n) is 2.25. The first-order valence-electron chi connectivity index (χ1n) is 7.20. The van der Waals surface area contributed by atoms with Crippen LogP contribution in [-0.4, -0.2) is 59.9 Å². The van der Waals surface area contributed by atoms with E-state index < -0.39 is 0 Å². The Hall–Kier alpha value is -1.33. The maximum Gasteiger partial charge on any atom is 0.134 e. The van der Waals surface area contributed by atoms with E-state index in [0.29, 0.717) is 0 Å². The number of piperazine rings is 1. The van der Waals surface area contributed by atoms with Gasteiger partial charge in [0.15, 0.2) is 0 Å². The molecule has 2 rings (SSSR count). The number of nitrogens with zero attached hydrogens (tertiary/aromatic N) is 3. The van der Waals surface area contributed by atoms with Gasteiger partial charge in [0.1, 0.15) is 11.6 Å². The van der Waals surface area contributed by atoms with Crippen LogP contribution in [-0.2, 0) is 4.74 Å². The molecule has 1 saturated heterocycles. The normalized spacial score (nSPS) is 17.4. The van der Waals surface area contributed by atoms with Gasteiger partial charge in [-0.2, -0.15) is 0 Å². The molecule has 2 heterocycles. The van der Waals surface area contributed by atoms with Crippen molar-refractivity contribution in [2.45, 2.75) is 26.4 Å². The molecule has 20 heavy (non-hydrogen) atoms. The molecule has 0 atom stereocenters. The third-order valence-electron chi connectivity index (χ3n) is 3.37. The van der Waals surface area contributed by atoms with Crippen molar-refractivity contribution >= 4 is 5.82 Å². The molecule has 1 aromatic rings. The zero-order valence-electron chi connectivity index (χ0n) is 12.7. The maximum absolute atomic E-state index is 9.26. The minimum Gasteiger partial charge on any atom is -0.506 e. The predicted octanol–water partition coefficient (Wildman–Crippen LogP) is 1.72. The van der Waals surface area contributed by atoms with Crippen LogP contribution >= 0.6 is 0 Å². The molecular weight excluding hydrogens is 254 g/mol. The summed E-state index contributed by atoms with van der Waals surface area (Å²) in [6.45, 7) is 12.0. The van der Waals surface area contributed by atoms with Crippen molar-refractivity contribution in [2.24, 2.45) is 0 Å². The number of pyridine rings is 1. The van der Waals surface area contributed by atoms with Gasteiger partial charge in [0.05, 0.1) is 18.4 Å². The number of hydrogen-bond acceptors (Lipinski definition) is 5. The van der Waals surface area contributed by atoms with Crippen LogP contribution < -0.4 is 4.90 Å². The van der Waals surface area contributed by atoms with E-state index in [0.717, 1.165) is 45.1 Å². The molecule has 0 bridgehead atoms. The van der Waals surface area contributed by atoms with Crippen LogP contribution in [0.1, 0.15) is 20.8 Å². The summed E-state index contributed by atoms with van der Waals surface area (Å²) in [4.78, 5) is 8.92. The lowest BCUT2D eigenvalue weighted by Gasteiger charge is -2.35. The number of aromatic nitrogens is 1. The van der Waals surface area contributed by atoms with Gasteiger partial charge in [-0.3, -0.25) is 4.90 Å². The summed E-state index contributed by atoms with van der Waals surface area (Å²) in [6.07, 6.45) is 1.50. The third-order valence-corrected chi connectivity index (χ3v) is 3.37. The summed E-state index contributed by atoms with van der Waals surface area (Å²) in [6, 6.07) is 3.56. The SMILES string of the molecule is CC(C)(C)OCCN1CCN(c2ccc(O)cn2)CC1. The zero-order chi connectivity index (χ0) is 14.6. The molecular formula is C15H25N3O2. The van der Waals surface area contributed by atoms with Crippen LogP contribution in [0.3, 0.4) is 0 Å². The maximum atomic E-state index is 9.26. The monoisotopic (exact) mass is 279 g/mol. The Balaban J connectivity index is 1.74. The summed E-state index contributed by atoms with van der Waals surface area (Å²) in [5.74, 6) is 1.15. The lowest BCUT2D eigenvalue weighted by molar-refractivity contribution is -0.0135. The van der Waals surface area contributed by atoms with Crippen molar-refractivity contribution in [2.75, 3.05) is 44.2 Å². The van der Waals surface area contributed by atoms with Gasteiger partial charge in [-0.05, 0) is 32.9 Å². The molecule has 0 unspecified atom stereocenters. The van der Waals surface area contributed by atoms with Gasteiger partial charge >= 0.3 is 0 Å². The minimum atomic E-state index is -0.0578. The first-order chi connectivity index (χ1) is 9.44. The van der Waals surface area contributed by atoms with E-state index in [1.165, 1.54) is 6.20 Å². The van der Waals surface area contributed by atoms with Crippen molar-refractivity contribution in [3.8, 4) is 5.75 Å². The van der Waals surface area contributed by atoms with Crippen LogP contribution in [0.4, 0.5) is 5.82 Å². The van der Waals surface area contributed by atoms with Crippen molar-refractivity contribution < 1.29 is 9.84 Å². The third kappa shape index (κ3) is 4.65. The highest BCUT2D eigenvalue weighted by atomic mass is 16.5. The summed E-state index contributed by atoms with van der Waals surface area (Å²) >= 11 is 0. The molecule has 0 aliphatic carbocycles. The van der Waals surface area contributed by atoms with Crippen molar-refractivity contribution in [3.05, 3.63) is 18.3 Å². The summed E-state index contributed by atoms with van der Waals surface area (Å²) < 4.78 is 5.76. The number of aromatic hydroxyl groups is 1. The van der Waals surface area contributed by atoms with Crippen molar-refractivity contribution in [3.63, 3.8) is 0 Å². The van der Waals surface area contributed by atoms with Gasteiger partial charge in [0.25, 0.3) is 0 Å². The fourth-order valence-corrected chi connectivity index (χ4v) is 2.25. The Morgan fingerprint density at radius 3 is 2.45 bits per heavy atom.